The number of benzene rings is 1. The van der Waals surface area contributed by atoms with E-state index in [0.717, 1.165) is 36.8 Å². The van der Waals surface area contributed by atoms with Gasteiger partial charge in [0.05, 0.1) is 0 Å². The van der Waals surface area contributed by atoms with Crippen LogP contribution in [-0.2, 0) is 14.3 Å². The molecule has 1 aromatic carbocycles. The Hall–Kier alpha value is -2.22. The summed E-state index contributed by atoms with van der Waals surface area (Å²) in [6, 6.07) is 5.86. The lowest BCUT2D eigenvalue weighted by atomic mass is 9.98. The van der Waals surface area contributed by atoms with Gasteiger partial charge in [-0.1, -0.05) is 51.0 Å². The van der Waals surface area contributed by atoms with Gasteiger partial charge in [-0.15, -0.1) is 0 Å². The van der Waals surface area contributed by atoms with E-state index >= 15 is 0 Å². The van der Waals surface area contributed by atoms with Crippen molar-refractivity contribution in [2.75, 3.05) is 18.8 Å². The van der Waals surface area contributed by atoms with Gasteiger partial charge in [0.15, 0.2) is 0 Å². The highest BCUT2D eigenvalue weighted by Gasteiger charge is 2.36. The van der Waals surface area contributed by atoms with Crippen molar-refractivity contribution in [3.63, 3.8) is 0 Å². The third kappa shape index (κ3) is 9.66. The van der Waals surface area contributed by atoms with Gasteiger partial charge in [0.1, 0.15) is 17.7 Å². The van der Waals surface area contributed by atoms with E-state index in [4.69, 9.17) is 4.74 Å². The smallest absolute Gasteiger partial charge is 0.408 e. The van der Waals surface area contributed by atoms with Crippen LogP contribution in [0.15, 0.2) is 24.3 Å². The predicted molar refractivity (Wildman–Crippen MR) is 135 cm³/mol. The summed E-state index contributed by atoms with van der Waals surface area (Å²) < 4.78 is 5.32. The van der Waals surface area contributed by atoms with Crippen LogP contribution in [0.5, 0.6) is 0 Å². The monoisotopic (exact) mass is 479 g/mol. The minimum absolute atomic E-state index is 0.0820. The van der Waals surface area contributed by atoms with Gasteiger partial charge in [-0.2, -0.15) is 12.6 Å². The molecule has 7 nitrogen and oxygen atoms in total. The molecule has 0 aliphatic carbocycles. The highest BCUT2D eigenvalue weighted by Crippen LogP contribution is 2.26. The van der Waals surface area contributed by atoms with Gasteiger partial charge in [-0.25, -0.2) is 4.79 Å². The zero-order valence-electron chi connectivity index (χ0n) is 20.9. The predicted octanol–water partition coefficient (Wildman–Crippen LogP) is 4.40. The highest BCUT2D eigenvalue weighted by molar-refractivity contribution is 7.80. The zero-order valence-corrected chi connectivity index (χ0v) is 21.8. The average Bonchev–Trinajstić information content (AvgIpc) is 2.74. The van der Waals surface area contributed by atoms with Crippen molar-refractivity contribution in [1.82, 2.24) is 15.5 Å². The fraction of sp³-hybridized carbons (Fsp3) is 0.640. The Morgan fingerprint density at radius 1 is 1.09 bits per heavy atom. The molecule has 0 radical (unpaired) electrons. The molecule has 0 aliphatic heterocycles. The SMILES string of the molecule is CCCCNC(=O)C(c1ccccc1C)N(CCCC)C(=O)C(CS)NC(=O)OC(C)(C)C. The molecule has 186 valence electrons. The zero-order chi connectivity index (χ0) is 25.0. The van der Waals surface area contributed by atoms with Crippen molar-refractivity contribution in [2.24, 2.45) is 0 Å². The summed E-state index contributed by atoms with van der Waals surface area (Å²) in [7, 11) is 0. The van der Waals surface area contributed by atoms with Gasteiger partial charge in [0.25, 0.3) is 0 Å². The molecule has 1 rings (SSSR count). The summed E-state index contributed by atoms with van der Waals surface area (Å²) >= 11 is 4.31. The van der Waals surface area contributed by atoms with Crippen LogP contribution in [0.25, 0.3) is 0 Å². The van der Waals surface area contributed by atoms with E-state index in [9.17, 15) is 14.4 Å². The number of hydrogen-bond donors (Lipinski definition) is 3. The number of aryl methyl sites for hydroxylation is 1. The van der Waals surface area contributed by atoms with E-state index in [1.165, 1.54) is 0 Å². The first kappa shape index (κ1) is 28.8. The molecule has 0 aromatic heterocycles. The Morgan fingerprint density at radius 3 is 2.27 bits per heavy atom. The fourth-order valence-electron chi connectivity index (χ4n) is 3.36. The van der Waals surface area contributed by atoms with Crippen LogP contribution in [0.1, 0.15) is 77.5 Å². The molecule has 0 saturated carbocycles. The molecular weight excluding hydrogens is 438 g/mol. The number of amides is 3. The number of carbonyl (C=O) groups is 3. The molecule has 0 spiro atoms. The average molecular weight is 480 g/mol. The van der Waals surface area contributed by atoms with E-state index in [-0.39, 0.29) is 17.6 Å². The van der Waals surface area contributed by atoms with Crippen LogP contribution in [0, 0.1) is 6.92 Å². The Morgan fingerprint density at radius 2 is 1.73 bits per heavy atom. The third-order valence-corrected chi connectivity index (χ3v) is 5.45. The molecule has 33 heavy (non-hydrogen) atoms. The number of carbonyl (C=O) groups excluding carboxylic acids is 3. The maximum atomic E-state index is 13.7. The van der Waals surface area contributed by atoms with Gasteiger partial charge in [0.2, 0.25) is 11.8 Å². The Balaban J connectivity index is 3.32. The lowest BCUT2D eigenvalue weighted by Crippen LogP contribution is -2.54. The van der Waals surface area contributed by atoms with Gasteiger partial charge in [-0.05, 0) is 51.7 Å². The van der Waals surface area contributed by atoms with Crippen molar-refractivity contribution in [2.45, 2.75) is 84.9 Å². The van der Waals surface area contributed by atoms with Gasteiger partial charge in [0, 0.05) is 18.8 Å². The lowest BCUT2D eigenvalue weighted by molar-refractivity contribution is -0.142. The molecule has 2 unspecified atom stereocenters. The summed E-state index contributed by atoms with van der Waals surface area (Å²) in [4.78, 5) is 41.0. The molecule has 0 bridgehead atoms. The van der Waals surface area contributed by atoms with Crippen LogP contribution in [0.2, 0.25) is 0 Å². The van der Waals surface area contributed by atoms with Crippen LogP contribution in [-0.4, -0.2) is 53.3 Å². The van der Waals surface area contributed by atoms with Gasteiger partial charge < -0.3 is 20.3 Å². The molecule has 0 heterocycles. The first-order valence-corrected chi connectivity index (χ1v) is 12.4. The molecule has 0 aliphatic rings. The minimum atomic E-state index is -0.921. The third-order valence-electron chi connectivity index (χ3n) is 5.08. The molecule has 8 heteroatoms. The molecule has 3 amide bonds. The standard InChI is InChI=1S/C25H41N3O4S/c1-7-9-15-26-22(29)21(19-14-12-11-13-18(19)3)28(16-10-8-2)23(30)20(17-33)27-24(31)32-25(4,5)6/h11-14,20-21,33H,7-10,15-17H2,1-6H3,(H,26,29)(H,27,31). The normalized spacial score (nSPS) is 13.1. The first-order chi connectivity index (χ1) is 15.6. The van der Waals surface area contributed by atoms with E-state index in [2.05, 4.69) is 30.2 Å². The van der Waals surface area contributed by atoms with Gasteiger partial charge >= 0.3 is 6.09 Å². The van der Waals surface area contributed by atoms with Crippen molar-refractivity contribution in [3.8, 4) is 0 Å². The van der Waals surface area contributed by atoms with E-state index < -0.39 is 23.8 Å². The first-order valence-electron chi connectivity index (χ1n) is 11.8. The van der Waals surface area contributed by atoms with Crippen LogP contribution in [0.3, 0.4) is 0 Å². The second-order valence-corrected chi connectivity index (χ2v) is 9.54. The van der Waals surface area contributed by atoms with Crippen LogP contribution < -0.4 is 10.6 Å². The Labute approximate surface area is 204 Å². The summed E-state index contributed by atoms with van der Waals surface area (Å²) in [5.74, 6) is -0.501. The molecule has 0 saturated heterocycles. The quantitative estimate of drug-likeness (QED) is 0.306. The number of nitrogens with zero attached hydrogens (tertiary/aromatic N) is 1. The number of ether oxygens (including phenoxy) is 1. The Kier molecular flexibility index (Phi) is 12.3. The number of rotatable bonds is 12. The number of hydrogen-bond acceptors (Lipinski definition) is 5. The molecular formula is C25H41N3O4S. The highest BCUT2D eigenvalue weighted by atomic mass is 32.1. The summed E-state index contributed by atoms with van der Waals surface area (Å²) in [5, 5.41) is 5.62. The second kappa shape index (κ2) is 14.1. The lowest BCUT2D eigenvalue weighted by Gasteiger charge is -2.34. The second-order valence-electron chi connectivity index (χ2n) is 9.17. The van der Waals surface area contributed by atoms with E-state index in [0.29, 0.717) is 13.1 Å². The molecule has 2 atom stereocenters. The number of unbranched alkanes of at least 4 members (excludes halogenated alkanes) is 2. The number of alkyl carbamates (subject to hydrolysis) is 1. The van der Waals surface area contributed by atoms with Crippen molar-refractivity contribution in [1.29, 1.82) is 0 Å². The largest absolute Gasteiger partial charge is 0.444 e. The fourth-order valence-corrected chi connectivity index (χ4v) is 3.61. The van der Waals surface area contributed by atoms with Crippen molar-refractivity contribution in [3.05, 3.63) is 35.4 Å². The minimum Gasteiger partial charge on any atom is -0.444 e. The van der Waals surface area contributed by atoms with E-state index in [1.54, 1.807) is 25.7 Å². The Bertz CT molecular complexity index is 779. The van der Waals surface area contributed by atoms with Crippen molar-refractivity contribution >= 4 is 30.5 Å². The van der Waals surface area contributed by atoms with E-state index in [1.807, 2.05) is 38.1 Å². The maximum Gasteiger partial charge on any atom is 0.408 e. The topological polar surface area (TPSA) is 87.7 Å². The summed E-state index contributed by atoms with van der Waals surface area (Å²) in [6.07, 6.45) is 2.70. The summed E-state index contributed by atoms with van der Waals surface area (Å²) in [6.45, 7) is 12.2. The van der Waals surface area contributed by atoms with Crippen LogP contribution in [0.4, 0.5) is 4.79 Å². The number of thiol groups is 1. The summed E-state index contributed by atoms with van der Waals surface area (Å²) in [5.41, 5.74) is 0.995. The molecule has 1 aromatic rings. The van der Waals surface area contributed by atoms with Crippen LogP contribution >= 0.6 is 12.6 Å². The number of nitrogens with one attached hydrogen (secondary N) is 2. The van der Waals surface area contributed by atoms with Crippen molar-refractivity contribution < 1.29 is 19.1 Å². The molecule has 2 N–H and O–H groups in total. The maximum absolute atomic E-state index is 13.7. The molecule has 0 fully saturated rings. The van der Waals surface area contributed by atoms with Gasteiger partial charge in [-0.3, -0.25) is 9.59 Å².